The van der Waals surface area contributed by atoms with Crippen molar-refractivity contribution in [1.29, 1.82) is 0 Å². The normalized spacial score (nSPS) is 23.6. The molecule has 34 heavy (non-hydrogen) atoms. The topological polar surface area (TPSA) is 89.9 Å². The van der Waals surface area contributed by atoms with E-state index in [1.54, 1.807) is 0 Å². The zero-order valence-electron chi connectivity index (χ0n) is 19.9. The van der Waals surface area contributed by atoms with Crippen molar-refractivity contribution in [1.82, 2.24) is 24.7 Å². The van der Waals surface area contributed by atoms with Crippen molar-refractivity contribution < 1.29 is 14.7 Å². The van der Waals surface area contributed by atoms with Crippen molar-refractivity contribution in [2.24, 2.45) is 17.8 Å². The summed E-state index contributed by atoms with van der Waals surface area (Å²) in [6.45, 7) is 9.64. The number of carbonyl (C=O) groups is 2. The van der Waals surface area contributed by atoms with E-state index in [0.29, 0.717) is 42.3 Å². The third kappa shape index (κ3) is 4.39. The maximum absolute atomic E-state index is 13.1. The van der Waals surface area contributed by atoms with Gasteiger partial charge in [0.25, 0.3) is 5.91 Å². The molecule has 1 aromatic heterocycles. The van der Waals surface area contributed by atoms with E-state index in [4.69, 9.17) is 0 Å². The van der Waals surface area contributed by atoms with Crippen LogP contribution < -0.4 is 0 Å². The van der Waals surface area contributed by atoms with E-state index in [1.165, 1.54) is 16.8 Å². The third-order valence-corrected chi connectivity index (χ3v) is 8.02. The van der Waals surface area contributed by atoms with E-state index in [0.717, 1.165) is 50.5 Å². The molecule has 8 nitrogen and oxygen atoms in total. The van der Waals surface area contributed by atoms with Crippen LogP contribution in [-0.2, 0) is 0 Å². The molecule has 0 aliphatic carbocycles. The molecule has 0 saturated carbocycles. The fourth-order valence-electron chi connectivity index (χ4n) is 6.12. The van der Waals surface area contributed by atoms with Gasteiger partial charge in [-0.3, -0.25) is 4.79 Å². The quantitative estimate of drug-likeness (QED) is 0.709. The first-order valence-corrected chi connectivity index (χ1v) is 12.2. The molecule has 0 spiro atoms. The van der Waals surface area contributed by atoms with E-state index < -0.39 is 6.09 Å². The zero-order valence-corrected chi connectivity index (χ0v) is 19.9. The second-order valence-electron chi connectivity index (χ2n) is 10.2. The molecule has 3 aliphatic rings. The third-order valence-electron chi connectivity index (χ3n) is 8.02. The summed E-state index contributed by atoms with van der Waals surface area (Å²) >= 11 is 0. The second kappa shape index (κ2) is 9.33. The molecule has 1 aromatic carbocycles. The van der Waals surface area contributed by atoms with Gasteiger partial charge >= 0.3 is 6.09 Å². The number of fused-ring (bicyclic) bond motifs is 1. The maximum Gasteiger partial charge on any atom is 0.407 e. The standard InChI is InChI=1S/C26H33N5O3/c1-17-24(18(2)28-16-27-17)25(32)30-12-20-10-29(11-21(20)13-30)9-8-23(19-6-4-3-5-7-19)22-14-31(15-22)26(33)34/h3-7,16,20-23H,8-15H2,1-2H3,(H,33,34). The Morgan fingerprint density at radius 1 is 0.941 bits per heavy atom. The minimum absolute atomic E-state index is 0.0636. The van der Waals surface area contributed by atoms with E-state index in [-0.39, 0.29) is 5.91 Å². The Morgan fingerprint density at radius 3 is 2.15 bits per heavy atom. The molecular formula is C26H33N5O3. The van der Waals surface area contributed by atoms with E-state index in [2.05, 4.69) is 39.1 Å². The van der Waals surface area contributed by atoms with E-state index >= 15 is 0 Å². The highest BCUT2D eigenvalue weighted by molar-refractivity contribution is 5.96. The summed E-state index contributed by atoms with van der Waals surface area (Å²) in [6, 6.07) is 10.5. The molecule has 0 radical (unpaired) electrons. The number of rotatable bonds is 6. The SMILES string of the molecule is Cc1ncnc(C)c1C(=O)N1CC2CN(CCC(c3ccccc3)C3CN(C(=O)O)C3)CC2C1. The Kier molecular flexibility index (Phi) is 6.25. The Balaban J connectivity index is 1.17. The van der Waals surface area contributed by atoms with Crippen molar-refractivity contribution in [3.8, 4) is 0 Å². The van der Waals surface area contributed by atoms with Crippen molar-refractivity contribution in [3.05, 3.63) is 59.2 Å². The van der Waals surface area contributed by atoms with E-state index in [9.17, 15) is 14.7 Å². The second-order valence-corrected chi connectivity index (χ2v) is 10.2. The number of carboxylic acid groups (broad SMARTS) is 1. The van der Waals surface area contributed by atoms with Gasteiger partial charge in [-0.2, -0.15) is 0 Å². The number of carbonyl (C=O) groups excluding carboxylic acids is 1. The Hall–Kier alpha value is -3.00. The van der Waals surface area contributed by atoms with Crippen LogP contribution >= 0.6 is 0 Å². The Labute approximate surface area is 200 Å². The lowest BCUT2D eigenvalue weighted by molar-refractivity contribution is 0.0666. The Bertz CT molecular complexity index is 1020. The van der Waals surface area contributed by atoms with E-state index in [1.807, 2.05) is 24.8 Å². The first-order chi connectivity index (χ1) is 16.4. The van der Waals surface area contributed by atoms with Gasteiger partial charge in [0, 0.05) is 45.2 Å². The maximum atomic E-state index is 13.1. The largest absolute Gasteiger partial charge is 0.465 e. The van der Waals surface area contributed by atoms with Gasteiger partial charge in [-0.15, -0.1) is 0 Å². The summed E-state index contributed by atoms with van der Waals surface area (Å²) in [6.07, 6.45) is 1.73. The fourth-order valence-corrected chi connectivity index (χ4v) is 6.12. The molecule has 3 aliphatic heterocycles. The highest BCUT2D eigenvalue weighted by atomic mass is 16.4. The molecule has 2 amide bonds. The monoisotopic (exact) mass is 463 g/mol. The smallest absolute Gasteiger partial charge is 0.407 e. The number of nitrogens with zero attached hydrogens (tertiary/aromatic N) is 5. The molecule has 5 rings (SSSR count). The number of likely N-dealkylation sites (tertiary alicyclic amines) is 3. The van der Waals surface area contributed by atoms with Crippen LogP contribution in [0, 0.1) is 31.6 Å². The fraction of sp³-hybridized carbons (Fsp3) is 0.538. The summed E-state index contributed by atoms with van der Waals surface area (Å²) in [5.41, 5.74) is 3.46. The lowest BCUT2D eigenvalue weighted by atomic mass is 9.79. The predicted molar refractivity (Wildman–Crippen MR) is 128 cm³/mol. The molecule has 3 unspecified atom stereocenters. The van der Waals surface area contributed by atoms with Gasteiger partial charge in [0.15, 0.2) is 0 Å². The summed E-state index contributed by atoms with van der Waals surface area (Å²) < 4.78 is 0. The average Bonchev–Trinajstić information content (AvgIpc) is 3.34. The first-order valence-electron chi connectivity index (χ1n) is 12.2. The van der Waals surface area contributed by atoms with Gasteiger partial charge < -0.3 is 19.8 Å². The number of amides is 2. The van der Waals surface area contributed by atoms with Crippen molar-refractivity contribution >= 4 is 12.0 Å². The highest BCUT2D eigenvalue weighted by Gasteiger charge is 2.43. The lowest BCUT2D eigenvalue weighted by Crippen LogP contribution is -2.51. The van der Waals surface area contributed by atoms with Crippen molar-refractivity contribution in [2.45, 2.75) is 26.2 Å². The summed E-state index contributed by atoms with van der Waals surface area (Å²) in [4.78, 5) is 38.9. The number of hydrogen-bond acceptors (Lipinski definition) is 5. The van der Waals surface area contributed by atoms with Crippen LogP contribution in [0.25, 0.3) is 0 Å². The van der Waals surface area contributed by atoms with Crippen molar-refractivity contribution in [2.75, 3.05) is 45.8 Å². The molecule has 4 heterocycles. The molecule has 2 aromatic rings. The van der Waals surface area contributed by atoms with Crippen molar-refractivity contribution in [3.63, 3.8) is 0 Å². The van der Waals surface area contributed by atoms with Gasteiger partial charge in [-0.1, -0.05) is 30.3 Å². The minimum Gasteiger partial charge on any atom is -0.465 e. The average molecular weight is 464 g/mol. The predicted octanol–water partition coefficient (Wildman–Crippen LogP) is 2.88. The zero-order chi connectivity index (χ0) is 23.8. The molecule has 0 bridgehead atoms. The molecule has 3 fully saturated rings. The minimum atomic E-state index is -0.818. The molecule has 3 saturated heterocycles. The van der Waals surface area contributed by atoms with Crippen LogP contribution in [0.1, 0.15) is 39.6 Å². The lowest BCUT2D eigenvalue weighted by Gasteiger charge is -2.42. The highest BCUT2D eigenvalue weighted by Crippen LogP contribution is 2.37. The Morgan fingerprint density at radius 2 is 1.56 bits per heavy atom. The molecular weight excluding hydrogens is 430 g/mol. The molecule has 1 N–H and O–H groups in total. The van der Waals surface area contributed by atoms with Gasteiger partial charge in [0.05, 0.1) is 17.0 Å². The molecule has 8 heteroatoms. The number of hydrogen-bond donors (Lipinski definition) is 1. The first kappa shape index (κ1) is 22.8. The van der Waals surface area contributed by atoms with Crippen LogP contribution in [0.3, 0.4) is 0 Å². The van der Waals surface area contributed by atoms with Gasteiger partial charge in [-0.25, -0.2) is 14.8 Å². The van der Waals surface area contributed by atoms with Gasteiger partial charge in [0.1, 0.15) is 6.33 Å². The summed E-state index contributed by atoms with van der Waals surface area (Å²) in [5.74, 6) is 1.84. The molecule has 180 valence electrons. The summed E-state index contributed by atoms with van der Waals surface area (Å²) in [5, 5.41) is 9.24. The van der Waals surface area contributed by atoms with Gasteiger partial charge in [0.2, 0.25) is 0 Å². The van der Waals surface area contributed by atoms with Crippen LogP contribution in [-0.4, -0.2) is 87.6 Å². The van der Waals surface area contributed by atoms with Gasteiger partial charge in [-0.05, 0) is 50.1 Å². The van der Waals surface area contributed by atoms with Crippen LogP contribution in [0.4, 0.5) is 4.79 Å². The van der Waals surface area contributed by atoms with Crippen LogP contribution in [0.15, 0.2) is 36.7 Å². The molecule has 3 atom stereocenters. The van der Waals surface area contributed by atoms with Crippen LogP contribution in [0.5, 0.6) is 0 Å². The number of aryl methyl sites for hydroxylation is 2. The van der Waals surface area contributed by atoms with Crippen LogP contribution in [0.2, 0.25) is 0 Å². The summed E-state index contributed by atoms with van der Waals surface area (Å²) in [7, 11) is 0. The number of aromatic nitrogens is 2. The number of benzene rings is 1.